The Morgan fingerprint density at radius 1 is 1.27 bits per heavy atom. The van der Waals surface area contributed by atoms with E-state index in [0.717, 1.165) is 43.0 Å². The monoisotopic (exact) mass is 385 g/mol. The molecule has 0 spiro atoms. The third-order valence-electron chi connectivity index (χ3n) is 4.76. The van der Waals surface area contributed by atoms with Gasteiger partial charge in [0.2, 0.25) is 0 Å². The first-order chi connectivity index (χ1) is 12.3. The predicted octanol–water partition coefficient (Wildman–Crippen LogP) is 4.95. The van der Waals surface area contributed by atoms with Gasteiger partial charge in [0.05, 0.1) is 17.4 Å². The average molecular weight is 386 g/mol. The molecule has 0 N–H and O–H groups in total. The van der Waals surface area contributed by atoms with Crippen LogP contribution in [0.3, 0.4) is 0 Å². The van der Waals surface area contributed by atoms with Crippen LogP contribution in [0.5, 0.6) is 0 Å². The highest BCUT2D eigenvalue weighted by Crippen LogP contribution is 2.35. The quantitative estimate of drug-likeness (QED) is 0.749. The van der Waals surface area contributed by atoms with Gasteiger partial charge in [0.25, 0.3) is 5.91 Å². The van der Waals surface area contributed by atoms with Gasteiger partial charge in [-0.2, -0.15) is 18.3 Å². The fourth-order valence-corrected chi connectivity index (χ4v) is 3.59. The molecule has 26 heavy (non-hydrogen) atoms. The highest BCUT2D eigenvalue weighted by molar-refractivity contribution is 6.30. The number of alkyl halides is 3. The molecule has 1 aromatic heterocycles. The Hall–Kier alpha value is -2.02. The summed E-state index contributed by atoms with van der Waals surface area (Å²) in [4.78, 5) is 14.2. The predicted molar refractivity (Wildman–Crippen MR) is 92.5 cm³/mol. The van der Waals surface area contributed by atoms with E-state index >= 15 is 0 Å². The van der Waals surface area contributed by atoms with Crippen LogP contribution >= 0.6 is 11.6 Å². The minimum atomic E-state index is -4.72. The first-order valence-electron chi connectivity index (χ1n) is 8.47. The van der Waals surface area contributed by atoms with Gasteiger partial charge in [-0.25, -0.2) is 4.68 Å². The lowest BCUT2D eigenvalue weighted by Gasteiger charge is -2.31. The minimum absolute atomic E-state index is 0.0353. The number of aromatic nitrogens is 2. The number of carbonyl (C=O) groups is 1. The Morgan fingerprint density at radius 2 is 1.96 bits per heavy atom. The largest absolute Gasteiger partial charge is 0.434 e. The standard InChI is InChI=1S/C18H19ClF3N3O/c1-24(13-7-3-2-4-8-13)17(26)15-11-23-25(16(15)18(20,21)22)14-9-5-6-12(19)10-14/h5-6,9-11,13H,2-4,7-8H2,1H3. The number of halogens is 4. The zero-order valence-corrected chi connectivity index (χ0v) is 15.0. The molecular weight excluding hydrogens is 367 g/mol. The molecule has 2 aromatic rings. The van der Waals surface area contributed by atoms with Gasteiger partial charge in [-0.05, 0) is 31.0 Å². The van der Waals surface area contributed by atoms with Gasteiger partial charge < -0.3 is 4.90 Å². The molecule has 1 amide bonds. The summed E-state index contributed by atoms with van der Waals surface area (Å²) in [6.07, 6.45) is 0.950. The van der Waals surface area contributed by atoms with E-state index in [1.807, 2.05) is 0 Å². The molecule has 4 nitrogen and oxygen atoms in total. The molecule has 0 bridgehead atoms. The summed E-state index contributed by atoms with van der Waals surface area (Å²) in [7, 11) is 1.56. The van der Waals surface area contributed by atoms with Crippen molar-refractivity contribution < 1.29 is 18.0 Å². The van der Waals surface area contributed by atoms with Crippen molar-refractivity contribution in [2.75, 3.05) is 7.05 Å². The van der Waals surface area contributed by atoms with Crippen LogP contribution < -0.4 is 0 Å². The second kappa shape index (κ2) is 7.31. The molecule has 0 unspecified atom stereocenters. The van der Waals surface area contributed by atoms with Crippen molar-refractivity contribution in [3.63, 3.8) is 0 Å². The molecule has 1 saturated carbocycles. The molecule has 0 aliphatic heterocycles. The summed E-state index contributed by atoms with van der Waals surface area (Å²) in [6.45, 7) is 0. The zero-order valence-electron chi connectivity index (χ0n) is 14.3. The zero-order chi connectivity index (χ0) is 18.9. The van der Waals surface area contributed by atoms with E-state index in [0.29, 0.717) is 5.02 Å². The third-order valence-corrected chi connectivity index (χ3v) is 5.00. The fraction of sp³-hybridized carbons (Fsp3) is 0.444. The van der Waals surface area contributed by atoms with E-state index in [-0.39, 0.29) is 11.7 Å². The van der Waals surface area contributed by atoms with E-state index in [9.17, 15) is 18.0 Å². The number of benzene rings is 1. The SMILES string of the molecule is CN(C(=O)c1cnn(-c2cccc(Cl)c2)c1C(F)(F)F)C1CCCCC1. The van der Waals surface area contributed by atoms with Crippen molar-refractivity contribution in [2.45, 2.75) is 44.3 Å². The maximum atomic E-state index is 13.7. The van der Waals surface area contributed by atoms with Crippen LogP contribution in [0.4, 0.5) is 13.2 Å². The van der Waals surface area contributed by atoms with E-state index in [2.05, 4.69) is 5.10 Å². The first kappa shape index (κ1) is 18.8. The van der Waals surface area contributed by atoms with Crippen LogP contribution in [0.25, 0.3) is 5.69 Å². The van der Waals surface area contributed by atoms with E-state index < -0.39 is 23.3 Å². The molecule has 1 aliphatic rings. The van der Waals surface area contributed by atoms with Crippen molar-refractivity contribution in [2.24, 2.45) is 0 Å². The Labute approximate surface area is 154 Å². The lowest BCUT2D eigenvalue weighted by Crippen LogP contribution is -2.39. The molecule has 1 aliphatic carbocycles. The molecule has 0 atom stereocenters. The van der Waals surface area contributed by atoms with Crippen molar-refractivity contribution >= 4 is 17.5 Å². The number of nitrogens with zero attached hydrogens (tertiary/aromatic N) is 3. The topological polar surface area (TPSA) is 38.1 Å². The van der Waals surface area contributed by atoms with Gasteiger partial charge in [-0.3, -0.25) is 4.79 Å². The second-order valence-corrected chi connectivity index (χ2v) is 6.94. The van der Waals surface area contributed by atoms with Gasteiger partial charge in [-0.15, -0.1) is 0 Å². The maximum Gasteiger partial charge on any atom is 0.434 e. The van der Waals surface area contributed by atoms with Crippen LogP contribution in [0, 0.1) is 0 Å². The molecule has 1 heterocycles. The van der Waals surface area contributed by atoms with Crippen molar-refractivity contribution in [3.05, 3.63) is 46.7 Å². The van der Waals surface area contributed by atoms with Crippen molar-refractivity contribution in [3.8, 4) is 5.69 Å². The first-order valence-corrected chi connectivity index (χ1v) is 8.85. The molecule has 3 rings (SSSR count). The van der Waals surface area contributed by atoms with Crippen molar-refractivity contribution in [1.29, 1.82) is 0 Å². The van der Waals surface area contributed by atoms with Crippen LogP contribution in [0.1, 0.15) is 48.2 Å². The number of hydrogen-bond donors (Lipinski definition) is 0. The van der Waals surface area contributed by atoms with Crippen LogP contribution in [-0.2, 0) is 6.18 Å². The summed E-state index contributed by atoms with van der Waals surface area (Å²) in [5, 5.41) is 4.12. The molecule has 1 fully saturated rings. The lowest BCUT2D eigenvalue weighted by atomic mass is 9.94. The Morgan fingerprint density at radius 3 is 2.58 bits per heavy atom. The number of rotatable bonds is 3. The summed E-state index contributed by atoms with van der Waals surface area (Å²) < 4.78 is 41.9. The van der Waals surface area contributed by atoms with E-state index in [1.54, 1.807) is 13.1 Å². The number of hydrogen-bond acceptors (Lipinski definition) is 2. The molecule has 140 valence electrons. The summed E-state index contributed by atoms with van der Waals surface area (Å²) in [6, 6.07) is 5.91. The Bertz CT molecular complexity index is 797. The average Bonchev–Trinajstić information content (AvgIpc) is 3.07. The molecule has 1 aromatic carbocycles. The molecule has 8 heteroatoms. The normalized spacial score (nSPS) is 15.9. The second-order valence-electron chi connectivity index (χ2n) is 6.50. The van der Waals surface area contributed by atoms with Gasteiger partial charge in [0.1, 0.15) is 0 Å². The van der Waals surface area contributed by atoms with Crippen LogP contribution in [0.2, 0.25) is 5.02 Å². The highest BCUT2D eigenvalue weighted by Gasteiger charge is 2.41. The number of amides is 1. The van der Waals surface area contributed by atoms with Crippen molar-refractivity contribution in [1.82, 2.24) is 14.7 Å². The van der Waals surface area contributed by atoms with E-state index in [4.69, 9.17) is 11.6 Å². The Balaban J connectivity index is 2.01. The van der Waals surface area contributed by atoms with Crippen LogP contribution in [-0.4, -0.2) is 33.7 Å². The van der Waals surface area contributed by atoms with Crippen LogP contribution in [0.15, 0.2) is 30.5 Å². The third kappa shape index (κ3) is 3.72. The summed E-state index contributed by atoms with van der Waals surface area (Å²) in [5.41, 5.74) is -1.36. The molecule has 0 saturated heterocycles. The maximum absolute atomic E-state index is 13.7. The van der Waals surface area contributed by atoms with E-state index in [1.165, 1.54) is 23.1 Å². The van der Waals surface area contributed by atoms with Gasteiger partial charge >= 0.3 is 6.18 Å². The smallest absolute Gasteiger partial charge is 0.339 e. The van der Waals surface area contributed by atoms with Gasteiger partial charge in [0, 0.05) is 18.1 Å². The van der Waals surface area contributed by atoms with Gasteiger partial charge in [0.15, 0.2) is 5.69 Å². The fourth-order valence-electron chi connectivity index (χ4n) is 3.41. The highest BCUT2D eigenvalue weighted by atomic mass is 35.5. The minimum Gasteiger partial charge on any atom is -0.339 e. The van der Waals surface area contributed by atoms with Gasteiger partial charge in [-0.1, -0.05) is 36.9 Å². The summed E-state index contributed by atoms with van der Waals surface area (Å²) in [5.74, 6) is -0.655. The Kier molecular flexibility index (Phi) is 5.27. The number of carbonyl (C=O) groups excluding carboxylic acids is 1. The molecule has 0 radical (unpaired) electrons. The summed E-state index contributed by atoms with van der Waals surface area (Å²) >= 11 is 5.89. The lowest BCUT2D eigenvalue weighted by molar-refractivity contribution is -0.143. The molecular formula is C18H19ClF3N3O.